The van der Waals surface area contributed by atoms with E-state index >= 15 is 0 Å². The molecule has 0 N–H and O–H groups in total. The Bertz CT molecular complexity index is 522. The van der Waals surface area contributed by atoms with Crippen molar-refractivity contribution in [3.8, 4) is 11.6 Å². The van der Waals surface area contributed by atoms with E-state index in [0.29, 0.717) is 16.8 Å². The van der Waals surface area contributed by atoms with E-state index in [-0.39, 0.29) is 0 Å². The Morgan fingerprint density at radius 2 is 1.94 bits per heavy atom. The van der Waals surface area contributed by atoms with Crippen molar-refractivity contribution in [3.63, 3.8) is 0 Å². The summed E-state index contributed by atoms with van der Waals surface area (Å²) < 4.78 is 7.34. The molecule has 82 valence electrons. The minimum atomic E-state index is 0.346. The largest absolute Gasteiger partial charge is 0.438 e. The third kappa shape index (κ3) is 2.93. The second-order valence-electron chi connectivity index (χ2n) is 2.86. The van der Waals surface area contributed by atoms with Gasteiger partial charge in [0.25, 0.3) is 0 Å². The molecular formula is C10H5Br2ClN2O. The molecule has 1 heterocycles. The summed E-state index contributed by atoms with van der Waals surface area (Å²) in [5, 5.41) is 0.346. The van der Waals surface area contributed by atoms with Crippen LogP contribution in [0.25, 0.3) is 0 Å². The van der Waals surface area contributed by atoms with E-state index in [4.69, 9.17) is 16.3 Å². The summed E-state index contributed by atoms with van der Waals surface area (Å²) in [5.74, 6) is 1.07. The molecule has 0 aliphatic carbocycles. The summed E-state index contributed by atoms with van der Waals surface area (Å²) >= 11 is 12.5. The van der Waals surface area contributed by atoms with Gasteiger partial charge in [-0.3, -0.25) is 0 Å². The zero-order valence-corrected chi connectivity index (χ0v) is 11.8. The van der Waals surface area contributed by atoms with E-state index in [0.717, 1.165) is 8.95 Å². The highest BCUT2D eigenvalue weighted by Crippen LogP contribution is 2.31. The zero-order chi connectivity index (χ0) is 11.5. The van der Waals surface area contributed by atoms with Crippen molar-refractivity contribution in [2.45, 2.75) is 0 Å². The maximum atomic E-state index is 5.73. The van der Waals surface area contributed by atoms with Crippen LogP contribution in [-0.4, -0.2) is 9.97 Å². The number of nitrogens with zero attached hydrogens (tertiary/aromatic N) is 2. The van der Waals surface area contributed by atoms with Gasteiger partial charge in [0, 0.05) is 10.5 Å². The topological polar surface area (TPSA) is 35.0 Å². The van der Waals surface area contributed by atoms with Crippen LogP contribution in [0.3, 0.4) is 0 Å². The third-order valence-electron chi connectivity index (χ3n) is 1.72. The van der Waals surface area contributed by atoms with Crippen LogP contribution in [-0.2, 0) is 0 Å². The van der Waals surface area contributed by atoms with Crippen molar-refractivity contribution >= 4 is 43.5 Å². The Hall–Kier alpha value is -0.650. The van der Waals surface area contributed by atoms with Gasteiger partial charge in [0.15, 0.2) is 0 Å². The average Bonchev–Trinajstić information content (AvgIpc) is 2.22. The number of rotatable bonds is 2. The van der Waals surface area contributed by atoms with Crippen molar-refractivity contribution < 1.29 is 4.74 Å². The van der Waals surface area contributed by atoms with Crippen LogP contribution < -0.4 is 4.74 Å². The van der Waals surface area contributed by atoms with Crippen LogP contribution >= 0.6 is 43.5 Å². The highest BCUT2D eigenvalue weighted by atomic mass is 79.9. The Morgan fingerprint density at radius 3 is 2.62 bits per heavy atom. The summed E-state index contributed by atoms with van der Waals surface area (Å²) in [6, 6.07) is 7.14. The predicted molar refractivity (Wildman–Crippen MR) is 69.0 cm³/mol. The second kappa shape index (κ2) is 5.12. The quantitative estimate of drug-likeness (QED) is 0.739. The van der Waals surface area contributed by atoms with Gasteiger partial charge in [-0.2, -0.15) is 0 Å². The first kappa shape index (κ1) is 11.8. The van der Waals surface area contributed by atoms with Gasteiger partial charge in [0.05, 0.1) is 4.47 Å². The molecule has 0 atom stereocenters. The lowest BCUT2D eigenvalue weighted by molar-refractivity contribution is 0.458. The smallest absolute Gasteiger partial charge is 0.223 e. The maximum Gasteiger partial charge on any atom is 0.223 e. The maximum absolute atomic E-state index is 5.73. The number of hydrogen-bond donors (Lipinski definition) is 0. The normalized spacial score (nSPS) is 10.2. The summed E-state index contributed by atoms with van der Waals surface area (Å²) in [6.07, 6.45) is 1.35. The number of aromatic nitrogens is 2. The van der Waals surface area contributed by atoms with Gasteiger partial charge >= 0.3 is 0 Å². The molecule has 0 saturated heterocycles. The average molecular weight is 364 g/mol. The fourth-order valence-corrected chi connectivity index (χ4v) is 2.31. The van der Waals surface area contributed by atoms with Crippen LogP contribution in [0.1, 0.15) is 0 Å². The first-order valence-corrected chi connectivity index (χ1v) is 6.22. The van der Waals surface area contributed by atoms with Crippen LogP contribution in [0.5, 0.6) is 11.6 Å². The van der Waals surface area contributed by atoms with Crippen molar-refractivity contribution in [1.82, 2.24) is 9.97 Å². The van der Waals surface area contributed by atoms with E-state index in [1.54, 1.807) is 6.07 Å². The summed E-state index contributed by atoms with van der Waals surface area (Å²) in [6.45, 7) is 0. The molecule has 0 amide bonds. The molecule has 3 nitrogen and oxygen atoms in total. The Labute approximate surface area is 114 Å². The number of ether oxygens (including phenoxy) is 1. The van der Waals surface area contributed by atoms with Gasteiger partial charge in [0.2, 0.25) is 5.88 Å². The summed E-state index contributed by atoms with van der Waals surface area (Å²) in [7, 11) is 0. The highest BCUT2D eigenvalue weighted by molar-refractivity contribution is 9.11. The van der Waals surface area contributed by atoms with Gasteiger partial charge in [-0.05, 0) is 34.1 Å². The van der Waals surface area contributed by atoms with E-state index in [1.165, 1.54) is 6.33 Å². The van der Waals surface area contributed by atoms with E-state index in [1.807, 2.05) is 18.2 Å². The predicted octanol–water partition coefficient (Wildman–Crippen LogP) is 4.45. The van der Waals surface area contributed by atoms with Gasteiger partial charge in [-0.15, -0.1) is 0 Å². The lowest BCUT2D eigenvalue weighted by atomic mass is 10.3. The Morgan fingerprint density at radius 1 is 1.12 bits per heavy atom. The molecule has 0 fully saturated rings. The van der Waals surface area contributed by atoms with E-state index in [9.17, 15) is 0 Å². The first-order chi connectivity index (χ1) is 7.65. The van der Waals surface area contributed by atoms with Gasteiger partial charge < -0.3 is 4.74 Å². The van der Waals surface area contributed by atoms with Gasteiger partial charge in [-0.25, -0.2) is 9.97 Å². The van der Waals surface area contributed by atoms with Crippen LogP contribution in [0.2, 0.25) is 5.15 Å². The van der Waals surface area contributed by atoms with Crippen LogP contribution in [0.15, 0.2) is 39.5 Å². The Kier molecular flexibility index (Phi) is 3.78. The highest BCUT2D eigenvalue weighted by Gasteiger charge is 2.04. The first-order valence-electron chi connectivity index (χ1n) is 4.25. The molecule has 2 rings (SSSR count). The van der Waals surface area contributed by atoms with E-state index < -0.39 is 0 Å². The van der Waals surface area contributed by atoms with Crippen molar-refractivity contribution in [3.05, 3.63) is 44.7 Å². The molecule has 0 aliphatic rings. The minimum absolute atomic E-state index is 0.346. The molecule has 0 spiro atoms. The molecule has 1 aromatic carbocycles. The number of halogens is 3. The molecule has 0 aliphatic heterocycles. The molecule has 0 saturated carbocycles. The summed E-state index contributed by atoms with van der Waals surface area (Å²) in [5.41, 5.74) is 0. The fraction of sp³-hybridized carbons (Fsp3) is 0. The Balaban J connectivity index is 2.27. The molecule has 6 heteroatoms. The fourth-order valence-electron chi connectivity index (χ4n) is 1.04. The molecular weight excluding hydrogens is 359 g/mol. The molecule has 0 radical (unpaired) electrons. The SMILES string of the molecule is Clc1cc(Oc2ccc(Br)cc2Br)ncn1. The van der Waals surface area contributed by atoms with Gasteiger partial charge in [-0.1, -0.05) is 27.5 Å². The molecule has 16 heavy (non-hydrogen) atoms. The van der Waals surface area contributed by atoms with Crippen molar-refractivity contribution in [2.24, 2.45) is 0 Å². The third-order valence-corrected chi connectivity index (χ3v) is 3.04. The zero-order valence-electron chi connectivity index (χ0n) is 7.82. The molecule has 0 unspecified atom stereocenters. The number of hydrogen-bond acceptors (Lipinski definition) is 3. The number of benzene rings is 1. The van der Waals surface area contributed by atoms with Crippen LogP contribution in [0, 0.1) is 0 Å². The molecule has 2 aromatic rings. The lowest BCUT2D eigenvalue weighted by Crippen LogP contribution is -1.89. The van der Waals surface area contributed by atoms with Crippen molar-refractivity contribution in [1.29, 1.82) is 0 Å². The minimum Gasteiger partial charge on any atom is -0.438 e. The van der Waals surface area contributed by atoms with Gasteiger partial charge in [0.1, 0.15) is 17.2 Å². The van der Waals surface area contributed by atoms with E-state index in [2.05, 4.69) is 41.8 Å². The monoisotopic (exact) mass is 362 g/mol. The summed E-state index contributed by atoms with van der Waals surface area (Å²) in [4.78, 5) is 7.72. The molecule has 1 aromatic heterocycles. The standard InChI is InChI=1S/C10H5Br2ClN2O/c11-6-1-2-8(7(12)3-6)16-10-4-9(13)14-5-15-10/h1-5H. The second-order valence-corrected chi connectivity index (χ2v) is 5.01. The molecule has 0 bridgehead atoms. The van der Waals surface area contributed by atoms with Crippen LogP contribution in [0.4, 0.5) is 0 Å². The van der Waals surface area contributed by atoms with Crippen molar-refractivity contribution in [2.75, 3.05) is 0 Å². The lowest BCUT2D eigenvalue weighted by Gasteiger charge is -2.06.